The van der Waals surface area contributed by atoms with Crippen molar-refractivity contribution in [3.63, 3.8) is 0 Å². The van der Waals surface area contributed by atoms with Crippen LogP contribution in [-0.2, 0) is 9.53 Å². The highest BCUT2D eigenvalue weighted by Crippen LogP contribution is 2.31. The summed E-state index contributed by atoms with van der Waals surface area (Å²) >= 11 is 0. The van der Waals surface area contributed by atoms with Crippen molar-refractivity contribution < 1.29 is 28.5 Å². The van der Waals surface area contributed by atoms with Crippen LogP contribution < -0.4 is 14.2 Å². The Morgan fingerprint density at radius 2 is 1.67 bits per heavy atom. The molecular weight excluding hydrogens is 384 g/mol. The zero-order valence-electron chi connectivity index (χ0n) is 16.8. The molecule has 0 unspecified atom stereocenters. The lowest BCUT2D eigenvalue weighted by Gasteiger charge is -2.18. The van der Waals surface area contributed by atoms with Crippen molar-refractivity contribution in [2.24, 2.45) is 0 Å². The number of hydrogen-bond donors (Lipinski definition) is 0. The van der Waals surface area contributed by atoms with Crippen LogP contribution >= 0.6 is 0 Å². The summed E-state index contributed by atoms with van der Waals surface area (Å²) < 4.78 is 21.5. The van der Waals surface area contributed by atoms with Crippen LogP contribution in [0, 0.1) is 0 Å². The zero-order chi connectivity index (χ0) is 21.1. The maximum absolute atomic E-state index is 12.5. The van der Waals surface area contributed by atoms with Gasteiger partial charge in [-0.25, -0.2) is 0 Å². The lowest BCUT2D eigenvalue weighted by atomic mass is 9.98. The van der Waals surface area contributed by atoms with Crippen LogP contribution in [0.4, 0.5) is 0 Å². The molecular formula is C24H22O6. The Morgan fingerprint density at radius 3 is 2.47 bits per heavy atom. The van der Waals surface area contributed by atoms with Crippen molar-refractivity contribution in [3.8, 4) is 17.2 Å². The Bertz CT molecular complexity index is 1100. The standard InChI is InChI=1S/C24H22O6/c1-15(16-3-4-18-12-20(27-2)7-5-17(18)11-16)24(26)30-14-21(25)19-6-8-22-23(13-19)29-10-9-28-22/h3-8,11-13,15H,9-10,14H2,1-2H3/t15-/m0/s1. The highest BCUT2D eigenvalue weighted by atomic mass is 16.6. The molecule has 3 aromatic carbocycles. The Labute approximate surface area is 174 Å². The molecule has 0 aliphatic carbocycles. The van der Waals surface area contributed by atoms with Crippen molar-refractivity contribution in [2.45, 2.75) is 12.8 Å². The predicted octanol–water partition coefficient (Wildman–Crippen LogP) is 4.15. The van der Waals surface area contributed by atoms with Gasteiger partial charge in [0.1, 0.15) is 19.0 Å². The van der Waals surface area contributed by atoms with Crippen molar-refractivity contribution in [3.05, 3.63) is 65.7 Å². The minimum absolute atomic E-state index is 0.293. The molecule has 0 saturated carbocycles. The van der Waals surface area contributed by atoms with E-state index in [1.54, 1.807) is 32.2 Å². The summed E-state index contributed by atoms with van der Waals surface area (Å²) in [6, 6.07) is 16.5. The molecule has 30 heavy (non-hydrogen) atoms. The summed E-state index contributed by atoms with van der Waals surface area (Å²) in [5, 5.41) is 2.02. The molecule has 1 atom stereocenters. The third-order valence-corrected chi connectivity index (χ3v) is 5.13. The van der Waals surface area contributed by atoms with E-state index in [9.17, 15) is 9.59 Å². The molecule has 0 spiro atoms. The SMILES string of the molecule is COc1ccc2cc([C@H](C)C(=O)OCC(=O)c3ccc4c(c3)OCCO4)ccc2c1. The summed E-state index contributed by atoms with van der Waals surface area (Å²) in [5.74, 6) is 0.675. The summed E-state index contributed by atoms with van der Waals surface area (Å²) in [6.45, 7) is 2.36. The van der Waals surface area contributed by atoms with Gasteiger partial charge in [0.2, 0.25) is 0 Å². The molecule has 1 aliphatic rings. The fraction of sp³-hybridized carbons (Fsp3) is 0.250. The number of methoxy groups -OCH3 is 1. The molecule has 0 saturated heterocycles. The molecule has 154 valence electrons. The van der Waals surface area contributed by atoms with Gasteiger partial charge in [-0.2, -0.15) is 0 Å². The first kappa shape index (κ1) is 19.8. The van der Waals surface area contributed by atoms with Gasteiger partial charge in [-0.1, -0.05) is 24.3 Å². The molecule has 0 fully saturated rings. The van der Waals surface area contributed by atoms with E-state index >= 15 is 0 Å². The monoisotopic (exact) mass is 406 g/mol. The molecule has 0 aromatic heterocycles. The second-order valence-electron chi connectivity index (χ2n) is 7.08. The van der Waals surface area contributed by atoms with Gasteiger partial charge in [-0.3, -0.25) is 9.59 Å². The molecule has 6 nitrogen and oxygen atoms in total. The first-order valence-corrected chi connectivity index (χ1v) is 9.72. The highest BCUT2D eigenvalue weighted by Gasteiger charge is 2.20. The summed E-state index contributed by atoms with van der Waals surface area (Å²) in [6.07, 6.45) is 0. The van der Waals surface area contributed by atoms with E-state index in [0.717, 1.165) is 22.1 Å². The number of hydrogen-bond acceptors (Lipinski definition) is 6. The number of carbonyl (C=O) groups excluding carboxylic acids is 2. The normalized spacial score (nSPS) is 13.5. The van der Waals surface area contributed by atoms with Crippen LogP contribution in [0.25, 0.3) is 10.8 Å². The summed E-state index contributed by atoms with van der Waals surface area (Å²) in [4.78, 5) is 25.0. The molecule has 0 amide bonds. The molecule has 6 heteroatoms. The van der Waals surface area contributed by atoms with Gasteiger partial charge in [0.15, 0.2) is 23.9 Å². The molecule has 1 aliphatic heterocycles. The van der Waals surface area contributed by atoms with Crippen molar-refractivity contribution in [2.75, 3.05) is 26.9 Å². The zero-order valence-corrected chi connectivity index (χ0v) is 16.8. The van der Waals surface area contributed by atoms with E-state index in [0.29, 0.717) is 30.3 Å². The van der Waals surface area contributed by atoms with Gasteiger partial charge in [0.05, 0.1) is 13.0 Å². The number of rotatable bonds is 6. The Kier molecular flexibility index (Phi) is 5.57. The number of esters is 1. The second kappa shape index (κ2) is 8.45. The second-order valence-corrected chi connectivity index (χ2v) is 7.08. The number of fused-ring (bicyclic) bond motifs is 2. The number of ether oxygens (including phenoxy) is 4. The van der Waals surface area contributed by atoms with Gasteiger partial charge in [-0.15, -0.1) is 0 Å². The van der Waals surface area contributed by atoms with E-state index in [1.807, 2.05) is 36.4 Å². The maximum Gasteiger partial charge on any atom is 0.313 e. The number of ketones is 1. The van der Waals surface area contributed by atoms with Crippen LogP contribution in [0.15, 0.2) is 54.6 Å². The van der Waals surface area contributed by atoms with Gasteiger partial charge in [0.25, 0.3) is 0 Å². The number of Topliss-reactive ketones (excluding diaryl/α,β-unsaturated/α-hetero) is 1. The Morgan fingerprint density at radius 1 is 0.933 bits per heavy atom. The minimum atomic E-state index is -0.496. The summed E-state index contributed by atoms with van der Waals surface area (Å²) in [5.41, 5.74) is 1.24. The van der Waals surface area contributed by atoms with E-state index in [-0.39, 0.29) is 12.4 Å². The lowest BCUT2D eigenvalue weighted by molar-refractivity contribution is -0.143. The lowest BCUT2D eigenvalue weighted by Crippen LogP contribution is -2.19. The average Bonchev–Trinajstić information content (AvgIpc) is 2.80. The molecule has 0 N–H and O–H groups in total. The fourth-order valence-electron chi connectivity index (χ4n) is 3.34. The van der Waals surface area contributed by atoms with E-state index in [2.05, 4.69) is 0 Å². The number of carbonyl (C=O) groups is 2. The van der Waals surface area contributed by atoms with Crippen molar-refractivity contribution >= 4 is 22.5 Å². The van der Waals surface area contributed by atoms with Crippen LogP contribution in [0.2, 0.25) is 0 Å². The first-order valence-electron chi connectivity index (χ1n) is 9.72. The van der Waals surface area contributed by atoms with Crippen LogP contribution in [0.1, 0.15) is 28.8 Å². The molecule has 1 heterocycles. The van der Waals surface area contributed by atoms with E-state index in [1.165, 1.54) is 0 Å². The van der Waals surface area contributed by atoms with Gasteiger partial charge in [0, 0.05) is 5.56 Å². The predicted molar refractivity (Wildman–Crippen MR) is 112 cm³/mol. The summed E-state index contributed by atoms with van der Waals surface area (Å²) in [7, 11) is 1.62. The van der Waals surface area contributed by atoms with Crippen LogP contribution in [0.5, 0.6) is 17.2 Å². The molecule has 0 bridgehead atoms. The van der Waals surface area contributed by atoms with E-state index in [4.69, 9.17) is 18.9 Å². The average molecular weight is 406 g/mol. The third kappa shape index (κ3) is 4.08. The van der Waals surface area contributed by atoms with E-state index < -0.39 is 11.9 Å². The van der Waals surface area contributed by atoms with Gasteiger partial charge < -0.3 is 18.9 Å². The van der Waals surface area contributed by atoms with Crippen molar-refractivity contribution in [1.29, 1.82) is 0 Å². The largest absolute Gasteiger partial charge is 0.497 e. The Hall–Kier alpha value is -3.54. The maximum atomic E-state index is 12.5. The smallest absolute Gasteiger partial charge is 0.313 e. The highest BCUT2D eigenvalue weighted by molar-refractivity contribution is 5.99. The van der Waals surface area contributed by atoms with Crippen LogP contribution in [-0.4, -0.2) is 38.7 Å². The Balaban J connectivity index is 1.41. The quantitative estimate of drug-likeness (QED) is 0.452. The molecule has 0 radical (unpaired) electrons. The van der Waals surface area contributed by atoms with Crippen molar-refractivity contribution in [1.82, 2.24) is 0 Å². The van der Waals surface area contributed by atoms with Gasteiger partial charge >= 0.3 is 5.97 Å². The minimum Gasteiger partial charge on any atom is -0.497 e. The fourth-order valence-corrected chi connectivity index (χ4v) is 3.34. The van der Waals surface area contributed by atoms with Gasteiger partial charge in [-0.05, 0) is 53.6 Å². The first-order chi connectivity index (χ1) is 14.5. The molecule has 3 aromatic rings. The number of benzene rings is 3. The van der Waals surface area contributed by atoms with Crippen LogP contribution in [0.3, 0.4) is 0 Å². The molecule has 4 rings (SSSR count). The topological polar surface area (TPSA) is 71.1 Å². The third-order valence-electron chi connectivity index (χ3n) is 5.13.